The van der Waals surface area contributed by atoms with Gasteiger partial charge in [0.25, 0.3) is 0 Å². The second-order valence-corrected chi connectivity index (χ2v) is 3.73. The van der Waals surface area contributed by atoms with Gasteiger partial charge in [0.05, 0.1) is 0 Å². The predicted molar refractivity (Wildman–Crippen MR) is 44.8 cm³/mol. The van der Waals surface area contributed by atoms with E-state index in [0.717, 1.165) is 24.8 Å². The Bertz CT molecular complexity index is 237. The second-order valence-electron chi connectivity index (χ2n) is 3.73. The van der Waals surface area contributed by atoms with Crippen LogP contribution in [0.4, 0.5) is 0 Å². The number of rotatable bonds is 1. The lowest BCUT2D eigenvalue weighted by atomic mass is 9.73. The predicted octanol–water partition coefficient (Wildman–Crippen LogP) is 0.768. The summed E-state index contributed by atoms with van der Waals surface area (Å²) in [6.45, 7) is 3.93. The van der Waals surface area contributed by atoms with Crippen molar-refractivity contribution in [3.63, 3.8) is 0 Å². The van der Waals surface area contributed by atoms with E-state index in [-0.39, 0.29) is 12.0 Å². The van der Waals surface area contributed by atoms with Crippen LogP contribution in [0, 0.1) is 5.92 Å². The first kappa shape index (κ1) is 7.80. The maximum Gasteiger partial charge on any atom is 0.321 e. The van der Waals surface area contributed by atoms with Crippen molar-refractivity contribution in [2.75, 3.05) is 0 Å². The van der Waals surface area contributed by atoms with Gasteiger partial charge in [0.2, 0.25) is 0 Å². The fourth-order valence-corrected chi connectivity index (χ4v) is 2.31. The lowest BCUT2D eigenvalue weighted by Crippen LogP contribution is -2.56. The number of aliphatic carboxylic acids is 1. The van der Waals surface area contributed by atoms with E-state index in [2.05, 4.69) is 11.9 Å². The van der Waals surface area contributed by atoms with Crippen LogP contribution in [0.15, 0.2) is 12.2 Å². The number of hydrogen-bond acceptors (Lipinski definition) is 2. The highest BCUT2D eigenvalue weighted by molar-refractivity contribution is 5.75. The summed E-state index contributed by atoms with van der Waals surface area (Å²) in [5.74, 6) is -0.557. The van der Waals surface area contributed by atoms with Gasteiger partial charge in [-0.3, -0.25) is 4.79 Å². The van der Waals surface area contributed by atoms with Crippen LogP contribution in [0.1, 0.15) is 19.3 Å². The first-order valence-electron chi connectivity index (χ1n) is 4.35. The molecule has 66 valence electrons. The van der Waals surface area contributed by atoms with E-state index in [4.69, 9.17) is 5.11 Å². The van der Waals surface area contributed by atoms with E-state index in [1.807, 2.05) is 0 Å². The zero-order chi connectivity index (χ0) is 8.72. The van der Waals surface area contributed by atoms with Crippen LogP contribution in [0.3, 0.4) is 0 Å². The molecule has 0 aromatic rings. The largest absolute Gasteiger partial charge is 0.480 e. The SMILES string of the molecule is C=C1CC2CCC1C(C(=O)O)N2. The van der Waals surface area contributed by atoms with Crippen LogP contribution in [0.25, 0.3) is 0 Å². The van der Waals surface area contributed by atoms with Gasteiger partial charge in [-0.15, -0.1) is 0 Å². The van der Waals surface area contributed by atoms with Crippen LogP contribution in [-0.2, 0) is 4.79 Å². The average molecular weight is 167 g/mol. The quantitative estimate of drug-likeness (QED) is 0.567. The molecule has 2 heterocycles. The number of hydrogen-bond donors (Lipinski definition) is 2. The third kappa shape index (κ3) is 1.05. The van der Waals surface area contributed by atoms with Crippen molar-refractivity contribution in [1.82, 2.24) is 5.32 Å². The molecule has 3 atom stereocenters. The molecule has 2 N–H and O–H groups in total. The van der Waals surface area contributed by atoms with E-state index < -0.39 is 5.97 Å². The normalized spacial score (nSPS) is 40.0. The monoisotopic (exact) mass is 167 g/mol. The van der Waals surface area contributed by atoms with Gasteiger partial charge in [-0.25, -0.2) is 0 Å². The molecule has 1 aliphatic carbocycles. The number of carbonyl (C=O) groups is 1. The summed E-state index contributed by atoms with van der Waals surface area (Å²) in [7, 11) is 0. The van der Waals surface area contributed by atoms with Gasteiger partial charge in [0.1, 0.15) is 6.04 Å². The molecule has 12 heavy (non-hydrogen) atoms. The number of nitrogens with one attached hydrogen (secondary N) is 1. The van der Waals surface area contributed by atoms with E-state index in [9.17, 15) is 4.79 Å². The minimum Gasteiger partial charge on any atom is -0.480 e. The van der Waals surface area contributed by atoms with Crippen LogP contribution in [0.2, 0.25) is 0 Å². The van der Waals surface area contributed by atoms with Crippen LogP contribution < -0.4 is 5.32 Å². The Morgan fingerprint density at radius 1 is 1.58 bits per heavy atom. The summed E-state index contributed by atoms with van der Waals surface area (Å²) in [6.07, 6.45) is 3.06. The number of carboxylic acid groups (broad SMARTS) is 1. The van der Waals surface area contributed by atoms with Crippen molar-refractivity contribution in [2.24, 2.45) is 5.92 Å². The molecule has 0 aromatic heterocycles. The Hall–Kier alpha value is -0.830. The fourth-order valence-electron chi connectivity index (χ4n) is 2.31. The minimum absolute atomic E-state index is 0.174. The summed E-state index contributed by atoms with van der Waals surface area (Å²) in [5, 5.41) is 12.0. The smallest absolute Gasteiger partial charge is 0.321 e. The third-order valence-electron chi connectivity index (χ3n) is 2.94. The Kier molecular flexibility index (Phi) is 1.68. The third-order valence-corrected chi connectivity index (χ3v) is 2.94. The molecule has 2 saturated heterocycles. The van der Waals surface area contributed by atoms with Crippen molar-refractivity contribution in [2.45, 2.75) is 31.3 Å². The zero-order valence-electron chi connectivity index (χ0n) is 6.92. The summed E-state index contributed by atoms with van der Waals surface area (Å²) < 4.78 is 0. The molecule has 0 amide bonds. The Labute approximate surface area is 71.5 Å². The molecule has 3 aliphatic rings. The molecule has 3 heteroatoms. The topological polar surface area (TPSA) is 49.3 Å². The summed E-state index contributed by atoms with van der Waals surface area (Å²) >= 11 is 0. The highest BCUT2D eigenvalue weighted by atomic mass is 16.4. The molecule has 3 nitrogen and oxygen atoms in total. The van der Waals surface area contributed by atoms with Crippen LogP contribution in [0.5, 0.6) is 0 Å². The number of carboxylic acids is 1. The number of fused-ring (bicyclic) bond motifs is 3. The maximum absolute atomic E-state index is 10.8. The van der Waals surface area contributed by atoms with Crippen molar-refractivity contribution in [3.8, 4) is 0 Å². The van der Waals surface area contributed by atoms with E-state index >= 15 is 0 Å². The summed E-state index contributed by atoms with van der Waals surface area (Å²) in [5.41, 5.74) is 1.12. The molecule has 0 spiro atoms. The molecule has 0 aromatic carbocycles. The molecule has 3 fully saturated rings. The summed E-state index contributed by atoms with van der Waals surface area (Å²) in [4.78, 5) is 10.8. The lowest BCUT2D eigenvalue weighted by molar-refractivity contribution is -0.142. The van der Waals surface area contributed by atoms with Gasteiger partial charge in [0, 0.05) is 12.0 Å². The number of piperidine rings is 2. The Morgan fingerprint density at radius 2 is 2.33 bits per heavy atom. The fraction of sp³-hybridized carbons (Fsp3) is 0.667. The van der Waals surface area contributed by atoms with Crippen molar-refractivity contribution >= 4 is 5.97 Å². The van der Waals surface area contributed by atoms with Crippen molar-refractivity contribution in [3.05, 3.63) is 12.2 Å². The molecular weight excluding hydrogens is 154 g/mol. The molecule has 1 saturated carbocycles. The first-order chi connectivity index (χ1) is 5.68. The van der Waals surface area contributed by atoms with Gasteiger partial charge in [0.15, 0.2) is 0 Å². The average Bonchev–Trinajstić information content (AvgIpc) is 2.04. The molecule has 0 radical (unpaired) electrons. The van der Waals surface area contributed by atoms with Crippen molar-refractivity contribution in [1.29, 1.82) is 0 Å². The van der Waals surface area contributed by atoms with Gasteiger partial charge >= 0.3 is 5.97 Å². The minimum atomic E-state index is -0.731. The van der Waals surface area contributed by atoms with Crippen LogP contribution >= 0.6 is 0 Å². The molecule has 3 unspecified atom stereocenters. The zero-order valence-corrected chi connectivity index (χ0v) is 6.92. The van der Waals surface area contributed by atoms with Gasteiger partial charge in [-0.2, -0.15) is 0 Å². The van der Waals surface area contributed by atoms with Gasteiger partial charge in [-0.1, -0.05) is 12.2 Å². The van der Waals surface area contributed by atoms with E-state index in [0.29, 0.717) is 6.04 Å². The molecule has 2 aliphatic heterocycles. The molecule has 2 bridgehead atoms. The Morgan fingerprint density at radius 3 is 2.75 bits per heavy atom. The van der Waals surface area contributed by atoms with E-state index in [1.165, 1.54) is 0 Å². The highest BCUT2D eigenvalue weighted by Gasteiger charge is 2.40. The standard InChI is InChI=1S/C9H13NO2/c1-5-4-6-2-3-7(5)8(10-6)9(11)12/h6-8,10H,1-4H2,(H,11,12). The Balaban J connectivity index is 2.19. The summed E-state index contributed by atoms with van der Waals surface area (Å²) in [6, 6.07) is -0.00593. The second kappa shape index (κ2) is 2.59. The van der Waals surface area contributed by atoms with Gasteiger partial charge in [-0.05, 0) is 19.3 Å². The molecular formula is C9H13NO2. The highest BCUT2D eigenvalue weighted by Crippen LogP contribution is 2.36. The van der Waals surface area contributed by atoms with Crippen molar-refractivity contribution < 1.29 is 9.90 Å². The molecule has 3 rings (SSSR count). The lowest BCUT2D eigenvalue weighted by Gasteiger charge is -2.42. The van der Waals surface area contributed by atoms with E-state index in [1.54, 1.807) is 0 Å². The first-order valence-corrected chi connectivity index (χ1v) is 4.35. The van der Waals surface area contributed by atoms with Crippen LogP contribution in [-0.4, -0.2) is 23.2 Å². The maximum atomic E-state index is 10.8. The van der Waals surface area contributed by atoms with Gasteiger partial charge < -0.3 is 10.4 Å².